The molecule has 0 amide bonds. The summed E-state index contributed by atoms with van der Waals surface area (Å²) in [4.78, 5) is 16.4. The van der Waals surface area contributed by atoms with Crippen LogP contribution in [0.2, 0.25) is 19.6 Å². The maximum atomic E-state index is 11.7. The molecule has 2 aromatic carbocycles. The van der Waals surface area contributed by atoms with Crippen molar-refractivity contribution in [1.82, 2.24) is 4.98 Å². The smallest absolute Gasteiger partial charge is 0.162 e. The molecule has 5 heteroatoms. The largest absolute Gasteiger partial charge is 0.512 e. The summed E-state index contributed by atoms with van der Waals surface area (Å²) in [6.07, 6.45) is 6.87. The van der Waals surface area contributed by atoms with E-state index in [0.717, 1.165) is 36.9 Å². The predicted molar refractivity (Wildman–Crippen MR) is 180 cm³/mol. The van der Waals surface area contributed by atoms with E-state index in [1.807, 2.05) is 33.9 Å². The fourth-order valence-corrected chi connectivity index (χ4v) is 6.31. The van der Waals surface area contributed by atoms with Gasteiger partial charge in [-0.15, -0.1) is 29.1 Å². The van der Waals surface area contributed by atoms with Crippen LogP contribution < -0.4 is 0 Å². The van der Waals surface area contributed by atoms with Crippen molar-refractivity contribution in [3.63, 3.8) is 0 Å². The normalized spacial score (nSPS) is 13.0. The third-order valence-corrected chi connectivity index (χ3v) is 11.5. The monoisotopic (exact) mass is 765 g/mol. The Labute approximate surface area is 271 Å². The number of aliphatic hydroxyl groups excluding tert-OH is 1. The Balaban J connectivity index is 0.000000476. The summed E-state index contributed by atoms with van der Waals surface area (Å²) in [5.41, 5.74) is 5.56. The van der Waals surface area contributed by atoms with Crippen molar-refractivity contribution in [3.8, 4) is 11.3 Å². The zero-order valence-corrected chi connectivity index (χ0v) is 31.3. The topological polar surface area (TPSA) is 50.2 Å². The number of allylic oxidation sites excluding steroid dienone is 2. The van der Waals surface area contributed by atoms with Crippen LogP contribution in [0.4, 0.5) is 0 Å². The van der Waals surface area contributed by atoms with E-state index in [1.165, 1.54) is 28.0 Å². The van der Waals surface area contributed by atoms with Crippen LogP contribution in [0, 0.1) is 17.9 Å². The van der Waals surface area contributed by atoms with Gasteiger partial charge in [-0.1, -0.05) is 116 Å². The van der Waals surface area contributed by atoms with Crippen LogP contribution in [0.1, 0.15) is 97.7 Å². The zero-order chi connectivity index (χ0) is 31.0. The molecule has 233 valence electrons. The van der Waals surface area contributed by atoms with Crippen molar-refractivity contribution in [3.05, 3.63) is 77.7 Å². The molecule has 3 nitrogen and oxygen atoms in total. The number of hydrogen-bond donors (Lipinski definition) is 1. The number of benzene rings is 2. The second kappa shape index (κ2) is 16.7. The van der Waals surface area contributed by atoms with Gasteiger partial charge in [-0.2, -0.15) is 0 Å². The van der Waals surface area contributed by atoms with Gasteiger partial charge in [-0.3, -0.25) is 9.78 Å². The second-order valence-corrected chi connectivity index (χ2v) is 19.1. The summed E-state index contributed by atoms with van der Waals surface area (Å²) < 4.78 is 0. The Hall–Kier alpha value is -2.07. The summed E-state index contributed by atoms with van der Waals surface area (Å²) in [6.45, 7) is 24.5. The fraction of sp³-hybridized carbons (Fsp3) is 0.514. The van der Waals surface area contributed by atoms with Gasteiger partial charge in [0.15, 0.2) is 5.78 Å². The van der Waals surface area contributed by atoms with Gasteiger partial charge in [0, 0.05) is 49.9 Å². The standard InChI is InChI=1S/C24H30NSi.C13H24O2.Ir/c1-17(26(5,6)7)18-12-13-25-23(16-18)20-14-19-10-8-9-11-21(19)22(15-20)24(2,3)4;1-5-10(6-2)12(14)9-13(15)11(7-3)8-4;/h8-13,15-17H,1-7H3;9-11,14H,5-8H2,1-4H3;/q-1;;/b;12-9-;. The molecule has 0 bridgehead atoms. The number of rotatable bonds is 10. The van der Waals surface area contributed by atoms with Gasteiger partial charge in [0.25, 0.3) is 0 Å². The van der Waals surface area contributed by atoms with E-state index in [-0.39, 0.29) is 48.9 Å². The molecule has 0 spiro atoms. The van der Waals surface area contributed by atoms with Crippen LogP contribution >= 0.6 is 0 Å². The van der Waals surface area contributed by atoms with Crippen LogP contribution in [0.3, 0.4) is 0 Å². The number of aromatic nitrogens is 1. The number of ketones is 1. The molecule has 1 heterocycles. The first kappa shape index (κ1) is 38.0. The van der Waals surface area contributed by atoms with Gasteiger partial charge in [0.2, 0.25) is 0 Å². The van der Waals surface area contributed by atoms with Crippen molar-refractivity contribution < 1.29 is 30.0 Å². The summed E-state index contributed by atoms with van der Waals surface area (Å²) in [5.74, 6) is 0.547. The third-order valence-electron chi connectivity index (χ3n) is 8.52. The molecular weight excluding hydrogens is 711 g/mol. The molecule has 0 saturated heterocycles. The van der Waals surface area contributed by atoms with Crippen molar-refractivity contribution in [1.29, 1.82) is 0 Å². The van der Waals surface area contributed by atoms with Crippen molar-refractivity contribution in [2.45, 2.75) is 112 Å². The molecule has 0 aliphatic heterocycles. The minimum atomic E-state index is -1.25. The van der Waals surface area contributed by atoms with E-state index in [0.29, 0.717) is 5.54 Å². The Morgan fingerprint density at radius 3 is 2.05 bits per heavy atom. The molecule has 3 aromatic rings. The molecule has 1 radical (unpaired) electrons. The second-order valence-electron chi connectivity index (χ2n) is 13.5. The minimum absolute atomic E-state index is 0. The number of carbonyl (C=O) groups excluding carboxylic acids is 1. The van der Waals surface area contributed by atoms with Gasteiger partial charge < -0.3 is 5.11 Å². The summed E-state index contributed by atoms with van der Waals surface area (Å²) in [7, 11) is -1.25. The summed E-state index contributed by atoms with van der Waals surface area (Å²) in [6, 6.07) is 18.9. The van der Waals surface area contributed by atoms with Crippen LogP contribution in [0.5, 0.6) is 0 Å². The first-order valence-electron chi connectivity index (χ1n) is 15.5. The van der Waals surface area contributed by atoms with Gasteiger partial charge >= 0.3 is 0 Å². The maximum absolute atomic E-state index is 11.7. The molecule has 0 saturated carbocycles. The number of aliphatic hydroxyl groups is 1. The van der Waals surface area contributed by atoms with Gasteiger partial charge in [0.1, 0.15) is 0 Å². The molecule has 42 heavy (non-hydrogen) atoms. The SMILES string of the molecule is CC(c1ccnc(-c2[c-]c3ccccc3c(C(C)(C)C)c2)c1)[Si](C)(C)C.CCC(CC)C(=O)/C=C(\O)C(CC)CC.[Ir]. The van der Waals surface area contributed by atoms with Crippen LogP contribution in [0.25, 0.3) is 22.0 Å². The number of hydrogen-bond acceptors (Lipinski definition) is 3. The molecule has 1 unspecified atom stereocenters. The van der Waals surface area contributed by atoms with Crippen molar-refractivity contribution in [2.24, 2.45) is 11.8 Å². The molecule has 3 rings (SSSR count). The van der Waals surface area contributed by atoms with E-state index in [9.17, 15) is 9.90 Å². The van der Waals surface area contributed by atoms with E-state index in [1.54, 1.807) is 0 Å². The molecule has 0 aliphatic carbocycles. The Bertz CT molecular complexity index is 1310. The van der Waals surface area contributed by atoms with Crippen LogP contribution in [-0.4, -0.2) is 23.9 Å². The Morgan fingerprint density at radius 1 is 0.952 bits per heavy atom. The zero-order valence-electron chi connectivity index (χ0n) is 27.9. The quantitative estimate of drug-likeness (QED) is 0.0968. The number of nitrogens with zero attached hydrogens (tertiary/aromatic N) is 1. The third kappa shape index (κ3) is 10.3. The molecule has 1 N–H and O–H groups in total. The Kier molecular flexibility index (Phi) is 15.1. The van der Waals surface area contributed by atoms with Crippen LogP contribution in [-0.2, 0) is 30.3 Å². The molecular formula is C37H54IrNO2Si-. The first-order valence-corrected chi connectivity index (χ1v) is 19.1. The average Bonchev–Trinajstić information content (AvgIpc) is 2.92. The Morgan fingerprint density at radius 2 is 1.52 bits per heavy atom. The van der Waals surface area contributed by atoms with Crippen LogP contribution in [0.15, 0.2) is 60.5 Å². The molecule has 0 aliphatic rings. The number of pyridine rings is 1. The van der Waals surface area contributed by atoms with E-state index < -0.39 is 8.07 Å². The summed E-state index contributed by atoms with van der Waals surface area (Å²) >= 11 is 0. The minimum Gasteiger partial charge on any atom is -0.512 e. The number of carbonyl (C=O) groups is 1. The van der Waals surface area contributed by atoms with Gasteiger partial charge in [-0.25, -0.2) is 0 Å². The van der Waals surface area contributed by atoms with Crippen molar-refractivity contribution >= 4 is 24.6 Å². The van der Waals surface area contributed by atoms with E-state index in [2.05, 4.69) is 101 Å². The van der Waals surface area contributed by atoms with Crippen molar-refractivity contribution in [2.75, 3.05) is 0 Å². The van der Waals surface area contributed by atoms with E-state index >= 15 is 0 Å². The molecule has 0 fully saturated rings. The maximum Gasteiger partial charge on any atom is 0.162 e. The number of fused-ring (bicyclic) bond motifs is 1. The summed E-state index contributed by atoms with van der Waals surface area (Å²) in [5, 5.41) is 12.2. The molecule has 1 atom stereocenters. The van der Waals surface area contributed by atoms with E-state index in [4.69, 9.17) is 0 Å². The first-order chi connectivity index (χ1) is 19.2. The molecule has 1 aromatic heterocycles. The van der Waals surface area contributed by atoms with Gasteiger partial charge in [0.05, 0.1) is 13.8 Å². The fourth-order valence-electron chi connectivity index (χ4n) is 5.13. The predicted octanol–water partition coefficient (Wildman–Crippen LogP) is 10.8. The van der Waals surface area contributed by atoms with Gasteiger partial charge in [-0.05, 0) is 42.7 Å². The average molecular weight is 765 g/mol.